The topological polar surface area (TPSA) is 70.9 Å². The minimum absolute atomic E-state index is 0.139. The second-order valence-corrected chi connectivity index (χ2v) is 8.48. The maximum atomic E-state index is 13.5. The highest BCUT2D eigenvalue weighted by atomic mass is 35.5. The van der Waals surface area contributed by atoms with E-state index in [-0.39, 0.29) is 17.3 Å². The van der Waals surface area contributed by atoms with Crippen molar-refractivity contribution in [3.63, 3.8) is 0 Å². The van der Waals surface area contributed by atoms with Crippen LogP contribution in [0, 0.1) is 6.92 Å². The number of nitrogens with zero attached hydrogens (tertiary/aromatic N) is 4. The lowest BCUT2D eigenvalue weighted by Gasteiger charge is -2.18. The summed E-state index contributed by atoms with van der Waals surface area (Å²) in [5.41, 5.74) is 3.62. The monoisotopic (exact) mass is 436 g/mol. The van der Waals surface area contributed by atoms with Crippen LogP contribution in [0.5, 0.6) is 0 Å². The summed E-state index contributed by atoms with van der Waals surface area (Å²) in [5, 5.41) is 0.663. The molecular weight excluding hydrogens is 416 g/mol. The number of imidazole rings is 1. The van der Waals surface area contributed by atoms with E-state index in [1.165, 1.54) is 9.13 Å². The largest absolute Gasteiger partial charge is 0.336 e. The van der Waals surface area contributed by atoms with Gasteiger partial charge in [-0.3, -0.25) is 23.1 Å². The van der Waals surface area contributed by atoms with Gasteiger partial charge in [0.15, 0.2) is 0 Å². The predicted molar refractivity (Wildman–Crippen MR) is 121 cm³/mol. The highest BCUT2D eigenvalue weighted by molar-refractivity contribution is 6.31. The lowest BCUT2D eigenvalue weighted by Crippen LogP contribution is -2.42. The van der Waals surface area contributed by atoms with Crippen LogP contribution in [0.25, 0.3) is 16.7 Å². The normalized spacial score (nSPS) is 15.5. The Bertz CT molecular complexity index is 1550. The molecule has 0 N–H and O–H groups in total. The maximum Gasteiger partial charge on any atom is 0.336 e. The number of aromatic nitrogens is 4. The zero-order chi connectivity index (χ0) is 22.0. The molecule has 158 valence electrons. The summed E-state index contributed by atoms with van der Waals surface area (Å²) in [5.74, 6) is 0. The lowest BCUT2D eigenvalue weighted by atomic mass is 10.1. The Morgan fingerprint density at radius 2 is 1.71 bits per heavy atom. The highest BCUT2D eigenvalue weighted by Gasteiger charge is 2.29. The quantitative estimate of drug-likeness (QED) is 0.485. The Hall–Kier alpha value is -3.32. The molecule has 31 heavy (non-hydrogen) atoms. The van der Waals surface area contributed by atoms with Crippen LogP contribution in [0.4, 0.5) is 0 Å². The van der Waals surface area contributed by atoms with Gasteiger partial charge in [0.05, 0.1) is 22.8 Å². The molecule has 0 saturated carbocycles. The number of rotatable bonds is 2. The molecular formula is C23H21ClN4O3. The van der Waals surface area contributed by atoms with E-state index in [1.54, 1.807) is 48.5 Å². The summed E-state index contributed by atoms with van der Waals surface area (Å²) in [6, 6.07) is 10.7. The Kier molecular flexibility index (Phi) is 4.34. The zero-order valence-corrected chi connectivity index (χ0v) is 18.2. The van der Waals surface area contributed by atoms with E-state index in [0.717, 1.165) is 23.1 Å². The summed E-state index contributed by atoms with van der Waals surface area (Å²) in [4.78, 5) is 38.8. The molecule has 5 rings (SSSR count). The van der Waals surface area contributed by atoms with Crippen molar-refractivity contribution in [3.05, 3.63) is 95.6 Å². The molecule has 0 radical (unpaired) electrons. The number of benzene rings is 2. The van der Waals surface area contributed by atoms with Crippen LogP contribution < -0.4 is 16.9 Å². The smallest absolute Gasteiger partial charge is 0.295 e. The van der Waals surface area contributed by atoms with Gasteiger partial charge in [-0.1, -0.05) is 23.7 Å². The molecule has 0 aliphatic heterocycles. The average molecular weight is 437 g/mol. The van der Waals surface area contributed by atoms with Crippen molar-refractivity contribution in [2.45, 2.75) is 25.8 Å². The van der Waals surface area contributed by atoms with Gasteiger partial charge in [-0.05, 0) is 55.2 Å². The number of halogens is 1. The van der Waals surface area contributed by atoms with Crippen LogP contribution in [-0.4, -0.2) is 18.3 Å². The van der Waals surface area contributed by atoms with Crippen molar-refractivity contribution < 1.29 is 0 Å². The van der Waals surface area contributed by atoms with Gasteiger partial charge in [0.25, 0.3) is 5.56 Å². The van der Waals surface area contributed by atoms with Gasteiger partial charge in [0, 0.05) is 30.9 Å². The first-order chi connectivity index (χ1) is 14.8. The number of aryl methyl sites for hydroxylation is 3. The molecule has 1 atom stereocenters. The fourth-order valence-corrected chi connectivity index (χ4v) is 4.93. The molecule has 8 heteroatoms. The van der Waals surface area contributed by atoms with Crippen LogP contribution in [-0.2, 0) is 20.5 Å². The van der Waals surface area contributed by atoms with Crippen molar-refractivity contribution in [2.24, 2.45) is 14.1 Å². The van der Waals surface area contributed by atoms with Crippen LogP contribution in [0.1, 0.15) is 29.2 Å². The predicted octanol–water partition coefficient (Wildman–Crippen LogP) is 2.69. The second kappa shape index (κ2) is 6.85. The number of hydrogen-bond acceptors (Lipinski definition) is 3. The van der Waals surface area contributed by atoms with Gasteiger partial charge < -0.3 is 0 Å². The van der Waals surface area contributed by atoms with Crippen LogP contribution in [0.15, 0.2) is 57.0 Å². The third kappa shape index (κ3) is 2.76. The van der Waals surface area contributed by atoms with E-state index in [9.17, 15) is 14.4 Å². The van der Waals surface area contributed by atoms with Gasteiger partial charge in [-0.2, -0.15) is 0 Å². The van der Waals surface area contributed by atoms with Gasteiger partial charge in [-0.25, -0.2) is 9.59 Å². The minimum Gasteiger partial charge on any atom is -0.295 e. The molecule has 2 heterocycles. The van der Waals surface area contributed by atoms with Gasteiger partial charge in [0.1, 0.15) is 0 Å². The Labute approximate surface area is 182 Å². The second-order valence-electron chi connectivity index (χ2n) is 8.08. The van der Waals surface area contributed by atoms with E-state index in [1.807, 2.05) is 24.3 Å². The standard InChI is InChI=1S/C23H21ClN4O3/c1-13-12-27(14-7-9-19-20(11-14)26(3)22(30)25(19)2)23(31)28(21(13)29)18-10-8-15-16(18)5-4-6-17(15)24/h4-7,9,11-12,18H,8,10H2,1-3H3. The molecule has 7 nitrogen and oxygen atoms in total. The Balaban J connectivity index is 1.75. The van der Waals surface area contributed by atoms with Gasteiger partial charge in [-0.15, -0.1) is 0 Å². The number of hydrogen-bond donors (Lipinski definition) is 0. The van der Waals surface area contributed by atoms with E-state index < -0.39 is 5.69 Å². The molecule has 1 aliphatic rings. The Morgan fingerprint density at radius 1 is 0.968 bits per heavy atom. The maximum absolute atomic E-state index is 13.5. The van der Waals surface area contributed by atoms with Crippen molar-refractivity contribution >= 4 is 22.6 Å². The van der Waals surface area contributed by atoms with E-state index in [0.29, 0.717) is 28.2 Å². The minimum atomic E-state index is -0.409. The summed E-state index contributed by atoms with van der Waals surface area (Å²) in [7, 11) is 3.41. The first kappa shape index (κ1) is 19.6. The molecule has 2 aromatic heterocycles. The van der Waals surface area contributed by atoms with Crippen molar-refractivity contribution in [1.29, 1.82) is 0 Å². The molecule has 0 amide bonds. The van der Waals surface area contributed by atoms with Crippen molar-refractivity contribution in [1.82, 2.24) is 18.3 Å². The molecule has 2 aromatic carbocycles. The van der Waals surface area contributed by atoms with E-state index in [2.05, 4.69) is 0 Å². The first-order valence-electron chi connectivity index (χ1n) is 10.1. The molecule has 0 fully saturated rings. The molecule has 0 bridgehead atoms. The van der Waals surface area contributed by atoms with E-state index in [4.69, 9.17) is 11.6 Å². The lowest BCUT2D eigenvalue weighted by molar-refractivity contribution is 0.518. The number of fused-ring (bicyclic) bond motifs is 2. The van der Waals surface area contributed by atoms with Crippen molar-refractivity contribution in [3.8, 4) is 5.69 Å². The van der Waals surface area contributed by atoms with Crippen LogP contribution in [0.3, 0.4) is 0 Å². The summed E-state index contributed by atoms with van der Waals surface area (Å²) < 4.78 is 5.93. The molecule has 0 spiro atoms. The fraction of sp³-hybridized carbons (Fsp3) is 0.261. The third-order valence-electron chi connectivity index (χ3n) is 6.32. The van der Waals surface area contributed by atoms with E-state index >= 15 is 0 Å². The Morgan fingerprint density at radius 3 is 2.48 bits per heavy atom. The van der Waals surface area contributed by atoms with Gasteiger partial charge in [0.2, 0.25) is 0 Å². The summed E-state index contributed by atoms with van der Waals surface area (Å²) >= 11 is 6.34. The SMILES string of the molecule is Cc1cn(-c2ccc3c(c2)n(C)c(=O)n3C)c(=O)n(C2CCc3c(Cl)cccc32)c1=O. The first-order valence-corrected chi connectivity index (χ1v) is 10.5. The molecule has 4 aromatic rings. The summed E-state index contributed by atoms with van der Waals surface area (Å²) in [6.45, 7) is 1.71. The third-order valence-corrected chi connectivity index (χ3v) is 6.67. The fourth-order valence-electron chi connectivity index (χ4n) is 4.66. The molecule has 1 aliphatic carbocycles. The zero-order valence-electron chi connectivity index (χ0n) is 17.4. The highest BCUT2D eigenvalue weighted by Crippen LogP contribution is 2.36. The average Bonchev–Trinajstić information content (AvgIpc) is 3.27. The molecule has 0 saturated heterocycles. The van der Waals surface area contributed by atoms with Crippen LogP contribution >= 0.6 is 11.6 Å². The van der Waals surface area contributed by atoms with Crippen molar-refractivity contribution in [2.75, 3.05) is 0 Å². The molecule has 1 unspecified atom stereocenters. The van der Waals surface area contributed by atoms with Gasteiger partial charge >= 0.3 is 11.4 Å². The van der Waals surface area contributed by atoms with Crippen LogP contribution in [0.2, 0.25) is 5.02 Å². The summed E-state index contributed by atoms with van der Waals surface area (Å²) in [6.07, 6.45) is 2.93.